The van der Waals surface area contributed by atoms with Gasteiger partial charge in [-0.25, -0.2) is 8.42 Å². The van der Waals surface area contributed by atoms with E-state index in [1.807, 2.05) is 24.3 Å². The standard InChI is InChI=1S/C15H13NO4S/c1-19-15-9-12(20-16-15)10-21(17,18)14-8-4-6-11-5-2-3-7-13(11)14/h2-9H,10H2,1H3. The van der Waals surface area contributed by atoms with Crippen molar-refractivity contribution in [1.82, 2.24) is 5.16 Å². The van der Waals surface area contributed by atoms with Crippen LogP contribution < -0.4 is 4.74 Å². The van der Waals surface area contributed by atoms with E-state index in [2.05, 4.69) is 5.16 Å². The number of methoxy groups -OCH3 is 1. The summed E-state index contributed by atoms with van der Waals surface area (Å²) in [6.45, 7) is 0. The van der Waals surface area contributed by atoms with Crippen molar-refractivity contribution in [3.05, 3.63) is 54.3 Å². The quantitative estimate of drug-likeness (QED) is 0.741. The van der Waals surface area contributed by atoms with Gasteiger partial charge in [-0.3, -0.25) is 0 Å². The molecule has 0 bridgehead atoms. The summed E-state index contributed by atoms with van der Waals surface area (Å²) in [5, 5.41) is 5.20. The summed E-state index contributed by atoms with van der Waals surface area (Å²) in [4.78, 5) is 0.288. The SMILES string of the molecule is COc1cc(CS(=O)(=O)c2cccc3ccccc23)on1. The first-order chi connectivity index (χ1) is 10.1. The van der Waals surface area contributed by atoms with E-state index in [0.717, 1.165) is 5.39 Å². The molecular formula is C15H13NO4S. The van der Waals surface area contributed by atoms with E-state index >= 15 is 0 Å². The Morgan fingerprint density at radius 2 is 1.90 bits per heavy atom. The van der Waals surface area contributed by atoms with E-state index in [1.165, 1.54) is 13.2 Å². The van der Waals surface area contributed by atoms with Crippen LogP contribution >= 0.6 is 0 Å². The first-order valence-corrected chi connectivity index (χ1v) is 7.95. The largest absolute Gasteiger partial charge is 0.479 e. The molecule has 0 aliphatic rings. The van der Waals surface area contributed by atoms with Crippen molar-refractivity contribution in [2.24, 2.45) is 0 Å². The first kappa shape index (κ1) is 13.6. The lowest BCUT2D eigenvalue weighted by atomic mass is 10.1. The fourth-order valence-corrected chi connectivity index (χ4v) is 3.66. The highest BCUT2D eigenvalue weighted by Crippen LogP contribution is 2.26. The zero-order valence-corrected chi connectivity index (χ0v) is 12.1. The molecule has 0 amide bonds. The highest BCUT2D eigenvalue weighted by molar-refractivity contribution is 7.90. The summed E-state index contributed by atoms with van der Waals surface area (Å²) < 4.78 is 35.0. The van der Waals surface area contributed by atoms with Crippen molar-refractivity contribution in [1.29, 1.82) is 0 Å². The van der Waals surface area contributed by atoms with Gasteiger partial charge in [-0.1, -0.05) is 36.4 Å². The van der Waals surface area contributed by atoms with Gasteiger partial charge in [0.25, 0.3) is 5.88 Å². The van der Waals surface area contributed by atoms with Crippen molar-refractivity contribution in [2.75, 3.05) is 7.11 Å². The fourth-order valence-electron chi connectivity index (χ4n) is 2.19. The maximum Gasteiger partial charge on any atom is 0.254 e. The predicted molar refractivity (Wildman–Crippen MR) is 77.9 cm³/mol. The molecule has 0 aliphatic heterocycles. The van der Waals surface area contributed by atoms with Crippen LogP contribution in [-0.4, -0.2) is 20.7 Å². The molecule has 21 heavy (non-hydrogen) atoms. The van der Waals surface area contributed by atoms with E-state index in [0.29, 0.717) is 5.39 Å². The highest BCUT2D eigenvalue weighted by Gasteiger charge is 2.21. The molecule has 0 spiro atoms. The minimum atomic E-state index is -3.52. The van der Waals surface area contributed by atoms with Crippen LogP contribution in [-0.2, 0) is 15.6 Å². The minimum Gasteiger partial charge on any atom is -0.479 e. The van der Waals surface area contributed by atoms with Crippen LogP contribution in [0.1, 0.15) is 5.76 Å². The summed E-state index contributed by atoms with van der Waals surface area (Å²) in [6.07, 6.45) is 0. The molecule has 0 radical (unpaired) electrons. The van der Waals surface area contributed by atoms with Crippen molar-refractivity contribution in [2.45, 2.75) is 10.6 Å². The maximum atomic E-state index is 12.6. The number of sulfone groups is 1. The van der Waals surface area contributed by atoms with Gasteiger partial charge in [0.15, 0.2) is 15.6 Å². The number of ether oxygens (including phenoxy) is 1. The van der Waals surface area contributed by atoms with Gasteiger partial charge >= 0.3 is 0 Å². The van der Waals surface area contributed by atoms with Gasteiger partial charge < -0.3 is 9.26 Å². The molecule has 108 valence electrons. The van der Waals surface area contributed by atoms with Crippen LogP contribution in [0.5, 0.6) is 5.88 Å². The topological polar surface area (TPSA) is 69.4 Å². The van der Waals surface area contributed by atoms with Crippen molar-refractivity contribution >= 4 is 20.6 Å². The van der Waals surface area contributed by atoms with E-state index in [1.54, 1.807) is 18.2 Å². The van der Waals surface area contributed by atoms with E-state index in [9.17, 15) is 8.42 Å². The molecule has 2 aromatic carbocycles. The molecule has 5 nitrogen and oxygen atoms in total. The first-order valence-electron chi connectivity index (χ1n) is 6.30. The second-order valence-electron chi connectivity index (χ2n) is 4.57. The number of aromatic nitrogens is 1. The Kier molecular flexibility index (Phi) is 3.39. The summed E-state index contributed by atoms with van der Waals surface area (Å²) in [7, 11) is -2.08. The molecule has 3 aromatic rings. The third-order valence-electron chi connectivity index (χ3n) is 3.16. The summed E-state index contributed by atoms with van der Waals surface area (Å²) >= 11 is 0. The molecule has 1 heterocycles. The minimum absolute atomic E-state index is 0.250. The number of hydrogen-bond acceptors (Lipinski definition) is 5. The molecule has 3 rings (SSSR count). The fraction of sp³-hybridized carbons (Fsp3) is 0.133. The lowest BCUT2D eigenvalue weighted by Gasteiger charge is -2.06. The van der Waals surface area contributed by atoms with Crippen molar-refractivity contribution in [3.8, 4) is 5.88 Å². The van der Waals surface area contributed by atoms with Gasteiger partial charge in [0.05, 0.1) is 12.0 Å². The molecule has 0 fully saturated rings. The van der Waals surface area contributed by atoms with E-state index < -0.39 is 9.84 Å². The Bertz CT molecular complexity index is 878. The number of rotatable bonds is 4. The molecule has 0 saturated heterocycles. The van der Waals surface area contributed by atoms with Gasteiger partial charge in [-0.05, 0) is 16.6 Å². The second-order valence-corrected chi connectivity index (χ2v) is 6.53. The van der Waals surface area contributed by atoms with Crippen LogP contribution in [0.15, 0.2) is 57.9 Å². The van der Waals surface area contributed by atoms with Crippen LogP contribution in [0.4, 0.5) is 0 Å². The number of fused-ring (bicyclic) bond motifs is 1. The third-order valence-corrected chi connectivity index (χ3v) is 4.85. The predicted octanol–water partition coefficient (Wildman–Crippen LogP) is 2.81. The molecule has 6 heteroatoms. The third kappa shape index (κ3) is 2.62. The molecule has 0 atom stereocenters. The Labute approximate surface area is 122 Å². The van der Waals surface area contributed by atoms with Crippen LogP contribution in [0.25, 0.3) is 10.8 Å². The van der Waals surface area contributed by atoms with Gasteiger partial charge in [0, 0.05) is 11.5 Å². The lowest BCUT2D eigenvalue weighted by Crippen LogP contribution is -2.05. The zero-order chi connectivity index (χ0) is 14.9. The zero-order valence-electron chi connectivity index (χ0n) is 11.3. The number of benzene rings is 2. The average Bonchev–Trinajstić information content (AvgIpc) is 2.93. The summed E-state index contributed by atoms with van der Waals surface area (Å²) in [6, 6.07) is 14.1. The maximum absolute atomic E-state index is 12.6. The average molecular weight is 303 g/mol. The normalized spacial score (nSPS) is 11.7. The molecule has 0 aliphatic carbocycles. The summed E-state index contributed by atoms with van der Waals surface area (Å²) in [5.41, 5.74) is 0. The molecule has 1 aromatic heterocycles. The molecule has 0 unspecified atom stereocenters. The molecular weight excluding hydrogens is 290 g/mol. The number of hydrogen-bond donors (Lipinski definition) is 0. The van der Waals surface area contributed by atoms with Crippen LogP contribution in [0, 0.1) is 0 Å². The van der Waals surface area contributed by atoms with Crippen LogP contribution in [0.3, 0.4) is 0 Å². The van der Waals surface area contributed by atoms with Gasteiger partial charge in [-0.15, -0.1) is 0 Å². The van der Waals surface area contributed by atoms with Gasteiger partial charge in [-0.2, -0.15) is 0 Å². The highest BCUT2D eigenvalue weighted by atomic mass is 32.2. The van der Waals surface area contributed by atoms with E-state index in [4.69, 9.17) is 9.26 Å². The van der Waals surface area contributed by atoms with Gasteiger partial charge in [0.1, 0.15) is 5.75 Å². The Morgan fingerprint density at radius 1 is 1.14 bits per heavy atom. The van der Waals surface area contributed by atoms with Crippen molar-refractivity contribution in [3.63, 3.8) is 0 Å². The summed E-state index contributed by atoms with van der Waals surface area (Å²) in [5.74, 6) is 0.259. The molecule has 0 saturated carbocycles. The smallest absolute Gasteiger partial charge is 0.254 e. The van der Waals surface area contributed by atoms with E-state index in [-0.39, 0.29) is 22.3 Å². The number of nitrogens with zero attached hydrogens (tertiary/aromatic N) is 1. The Hall–Kier alpha value is -2.34. The Morgan fingerprint density at radius 3 is 2.67 bits per heavy atom. The molecule has 0 N–H and O–H groups in total. The monoisotopic (exact) mass is 303 g/mol. The van der Waals surface area contributed by atoms with Gasteiger partial charge in [0.2, 0.25) is 0 Å². The van der Waals surface area contributed by atoms with Crippen molar-refractivity contribution < 1.29 is 17.7 Å². The van der Waals surface area contributed by atoms with Crippen LogP contribution in [0.2, 0.25) is 0 Å². The lowest BCUT2D eigenvalue weighted by molar-refractivity contribution is 0.330. The Balaban J connectivity index is 2.04. The second kappa shape index (κ2) is 5.21.